The fourth-order valence-corrected chi connectivity index (χ4v) is 4.49. The number of hydrogen-bond acceptors (Lipinski definition) is 7. The van der Waals surface area contributed by atoms with E-state index >= 15 is 0 Å². The Kier molecular flexibility index (Phi) is 5.29. The van der Waals surface area contributed by atoms with Crippen molar-refractivity contribution in [3.8, 4) is 0 Å². The quantitative estimate of drug-likeness (QED) is 0.631. The number of fused-ring (bicyclic) bond motifs is 2. The highest BCUT2D eigenvalue weighted by molar-refractivity contribution is 5.84. The number of anilines is 1. The highest BCUT2D eigenvalue weighted by Crippen LogP contribution is 2.29. The summed E-state index contributed by atoms with van der Waals surface area (Å²) in [5.74, 6) is -0.485. The zero-order valence-corrected chi connectivity index (χ0v) is 17.1. The molecular formula is C22H26N4O5. The molecule has 31 heavy (non-hydrogen) atoms. The van der Waals surface area contributed by atoms with E-state index in [9.17, 15) is 14.7 Å². The molecule has 3 heterocycles. The average Bonchev–Trinajstić information content (AvgIpc) is 3.17. The molecule has 9 nitrogen and oxygen atoms in total. The van der Waals surface area contributed by atoms with E-state index in [4.69, 9.17) is 9.15 Å². The van der Waals surface area contributed by atoms with Gasteiger partial charge in [0.15, 0.2) is 5.58 Å². The zero-order chi connectivity index (χ0) is 21.4. The summed E-state index contributed by atoms with van der Waals surface area (Å²) in [4.78, 5) is 30.5. The van der Waals surface area contributed by atoms with Gasteiger partial charge in [-0.15, -0.1) is 0 Å². The van der Waals surface area contributed by atoms with Crippen molar-refractivity contribution >= 4 is 22.7 Å². The number of aliphatic hydroxyl groups is 1. The zero-order valence-electron chi connectivity index (χ0n) is 17.1. The second kappa shape index (κ2) is 8.24. The molecular weight excluding hydrogens is 400 g/mol. The van der Waals surface area contributed by atoms with Crippen LogP contribution < -0.4 is 11.1 Å². The van der Waals surface area contributed by atoms with Crippen LogP contribution in [0.15, 0.2) is 51.3 Å². The molecule has 0 spiro atoms. The summed E-state index contributed by atoms with van der Waals surface area (Å²) < 4.78 is 10.8. The Bertz CT molecular complexity index is 1080. The number of nitrogens with one attached hydrogen (secondary N) is 2. The number of oxazole rings is 1. The fraction of sp³-hybridized carbons (Fsp3) is 0.455. The maximum atomic E-state index is 12.7. The smallest absolute Gasteiger partial charge is 0.408 e. The van der Waals surface area contributed by atoms with Crippen molar-refractivity contribution in [3.05, 3.63) is 52.7 Å². The number of ether oxygens (including phenoxy) is 1. The van der Waals surface area contributed by atoms with Crippen LogP contribution in [-0.4, -0.2) is 70.9 Å². The van der Waals surface area contributed by atoms with Gasteiger partial charge in [0.25, 0.3) is 5.91 Å². The largest absolute Gasteiger partial charge is 0.417 e. The van der Waals surface area contributed by atoms with Gasteiger partial charge in [-0.3, -0.25) is 9.78 Å². The third kappa shape index (κ3) is 4.11. The third-order valence-corrected chi connectivity index (χ3v) is 6.17. The lowest BCUT2D eigenvalue weighted by Gasteiger charge is -2.39. The van der Waals surface area contributed by atoms with Gasteiger partial charge in [0, 0.05) is 56.2 Å². The minimum absolute atomic E-state index is 0.195. The summed E-state index contributed by atoms with van der Waals surface area (Å²) in [5.41, 5.74) is 2.61. The topological polar surface area (TPSA) is 111 Å². The summed E-state index contributed by atoms with van der Waals surface area (Å²) in [6.07, 6.45) is 7.63. The minimum Gasteiger partial charge on any atom is -0.408 e. The summed E-state index contributed by atoms with van der Waals surface area (Å²) in [7, 11) is 0. The minimum atomic E-state index is -1.37. The Morgan fingerprint density at radius 2 is 2.10 bits per heavy atom. The van der Waals surface area contributed by atoms with Gasteiger partial charge in [0.1, 0.15) is 0 Å². The van der Waals surface area contributed by atoms with Gasteiger partial charge in [-0.25, -0.2) is 4.79 Å². The van der Waals surface area contributed by atoms with Crippen molar-refractivity contribution in [2.45, 2.75) is 25.2 Å². The summed E-state index contributed by atoms with van der Waals surface area (Å²) >= 11 is 0. The molecule has 9 heteroatoms. The van der Waals surface area contributed by atoms with Crippen LogP contribution in [-0.2, 0) is 9.53 Å². The number of aromatic amines is 1. The Hall–Kier alpha value is -3.04. The summed E-state index contributed by atoms with van der Waals surface area (Å²) in [6, 6.07) is 4.91. The van der Waals surface area contributed by atoms with Gasteiger partial charge in [-0.05, 0) is 31.1 Å². The first-order valence-electron chi connectivity index (χ1n) is 10.7. The van der Waals surface area contributed by atoms with Crippen molar-refractivity contribution in [3.63, 3.8) is 0 Å². The van der Waals surface area contributed by atoms with Crippen LogP contribution >= 0.6 is 0 Å². The maximum absolute atomic E-state index is 12.7. The number of aromatic nitrogens is 1. The highest BCUT2D eigenvalue weighted by Gasteiger charge is 2.30. The average molecular weight is 426 g/mol. The van der Waals surface area contributed by atoms with Crippen LogP contribution in [0.4, 0.5) is 5.69 Å². The molecule has 2 fully saturated rings. The number of carbonyl (C=O) groups is 1. The van der Waals surface area contributed by atoms with Crippen LogP contribution in [0.3, 0.4) is 0 Å². The number of aliphatic hydroxyl groups excluding tert-OH is 1. The van der Waals surface area contributed by atoms with Gasteiger partial charge in [-0.1, -0.05) is 12.2 Å². The molecule has 0 bridgehead atoms. The van der Waals surface area contributed by atoms with E-state index in [0.717, 1.165) is 19.4 Å². The second-order valence-corrected chi connectivity index (χ2v) is 8.18. The first kappa shape index (κ1) is 19.9. The Balaban J connectivity index is 1.17. The highest BCUT2D eigenvalue weighted by atomic mass is 16.5. The molecule has 3 unspecified atom stereocenters. The number of amides is 1. The molecule has 3 atom stereocenters. The second-order valence-electron chi connectivity index (χ2n) is 8.18. The van der Waals surface area contributed by atoms with E-state index in [2.05, 4.69) is 33.4 Å². The van der Waals surface area contributed by atoms with E-state index in [1.807, 2.05) is 0 Å². The Morgan fingerprint density at radius 1 is 1.26 bits per heavy atom. The summed E-state index contributed by atoms with van der Waals surface area (Å²) in [6.45, 7) is 3.35. The number of rotatable bonds is 4. The monoisotopic (exact) mass is 426 g/mol. The molecule has 2 aromatic rings. The molecule has 1 aromatic carbocycles. The lowest BCUT2D eigenvalue weighted by molar-refractivity contribution is -0.140. The molecule has 5 rings (SSSR count). The molecule has 0 saturated carbocycles. The maximum Gasteiger partial charge on any atom is 0.417 e. The van der Waals surface area contributed by atoms with E-state index in [-0.39, 0.29) is 12.0 Å². The number of hydrogen-bond donors (Lipinski definition) is 3. The van der Waals surface area contributed by atoms with Crippen LogP contribution in [0.5, 0.6) is 0 Å². The molecule has 1 aromatic heterocycles. The number of allylic oxidation sites excluding steroid dienone is 1. The first-order valence-corrected chi connectivity index (χ1v) is 10.7. The fourth-order valence-electron chi connectivity index (χ4n) is 4.49. The van der Waals surface area contributed by atoms with Crippen molar-refractivity contribution in [1.29, 1.82) is 0 Å². The number of carbonyl (C=O) groups excluding carboxylic acids is 1. The number of benzene rings is 1. The molecule has 3 aliphatic rings. The van der Waals surface area contributed by atoms with Crippen molar-refractivity contribution < 1.29 is 19.1 Å². The Labute approximate surface area is 179 Å². The SMILES string of the molecule is O=C(C(O)Nc1ccc2[nH]c(=O)oc2c1)N1CCN(C2=CC3CCCOC3C=C2)CC1. The standard InChI is InChI=1S/C22H26N4O5/c27-20(23-15-3-5-17-19(13-15)31-22(29)24-17)21(28)26-9-7-25(8-10-26)16-4-6-18-14(12-16)2-1-11-30-18/h3-6,12-14,18,20,23,27H,1-2,7-11H2,(H,24,29). The van der Waals surface area contributed by atoms with E-state index in [1.165, 1.54) is 5.70 Å². The van der Waals surface area contributed by atoms with Gasteiger partial charge < -0.3 is 29.4 Å². The van der Waals surface area contributed by atoms with Crippen LogP contribution in [0.1, 0.15) is 12.8 Å². The van der Waals surface area contributed by atoms with Crippen molar-refractivity contribution in [2.24, 2.45) is 5.92 Å². The summed E-state index contributed by atoms with van der Waals surface area (Å²) in [5, 5.41) is 13.2. The van der Waals surface area contributed by atoms with Crippen LogP contribution in [0, 0.1) is 5.92 Å². The molecule has 164 valence electrons. The lowest BCUT2D eigenvalue weighted by atomic mass is 9.89. The lowest BCUT2D eigenvalue weighted by Crippen LogP contribution is -2.52. The van der Waals surface area contributed by atoms with E-state index < -0.39 is 12.0 Å². The molecule has 1 aliphatic carbocycles. The predicted octanol–water partition coefficient (Wildman–Crippen LogP) is 1.24. The van der Waals surface area contributed by atoms with Crippen molar-refractivity contribution in [2.75, 3.05) is 38.1 Å². The van der Waals surface area contributed by atoms with Crippen LogP contribution in [0.25, 0.3) is 11.1 Å². The third-order valence-electron chi connectivity index (χ3n) is 6.17. The van der Waals surface area contributed by atoms with Gasteiger partial charge in [0.05, 0.1) is 11.6 Å². The van der Waals surface area contributed by atoms with Crippen LogP contribution in [0.2, 0.25) is 0 Å². The molecule has 2 aliphatic heterocycles. The van der Waals surface area contributed by atoms with E-state index in [0.29, 0.717) is 48.9 Å². The van der Waals surface area contributed by atoms with E-state index in [1.54, 1.807) is 23.1 Å². The molecule has 1 amide bonds. The van der Waals surface area contributed by atoms with Crippen molar-refractivity contribution in [1.82, 2.24) is 14.8 Å². The molecule has 3 N–H and O–H groups in total. The number of H-pyrrole nitrogens is 1. The first-order chi connectivity index (χ1) is 15.1. The number of nitrogens with zero attached hydrogens (tertiary/aromatic N) is 2. The molecule has 0 radical (unpaired) electrons. The number of piperazine rings is 1. The normalized spacial score (nSPS) is 24.6. The molecule has 2 saturated heterocycles. The van der Waals surface area contributed by atoms with Gasteiger partial charge in [-0.2, -0.15) is 0 Å². The Morgan fingerprint density at radius 3 is 2.94 bits per heavy atom. The van der Waals surface area contributed by atoms with Gasteiger partial charge >= 0.3 is 5.76 Å². The predicted molar refractivity (Wildman–Crippen MR) is 114 cm³/mol. The van der Waals surface area contributed by atoms with Gasteiger partial charge in [0.2, 0.25) is 6.23 Å².